The van der Waals surface area contributed by atoms with Crippen molar-refractivity contribution in [3.05, 3.63) is 35.9 Å². The van der Waals surface area contributed by atoms with E-state index in [0.29, 0.717) is 6.54 Å². The smallest absolute Gasteiger partial charge is 0.407 e. The van der Waals surface area contributed by atoms with E-state index in [-0.39, 0.29) is 5.92 Å². The van der Waals surface area contributed by atoms with Gasteiger partial charge in [0.05, 0.1) is 6.04 Å². The molecule has 2 unspecified atom stereocenters. The molecule has 134 valence electrons. The van der Waals surface area contributed by atoms with Gasteiger partial charge in [-0.1, -0.05) is 37.3 Å². The van der Waals surface area contributed by atoms with E-state index in [4.69, 9.17) is 4.74 Å². The lowest BCUT2D eigenvalue weighted by Gasteiger charge is -2.30. The van der Waals surface area contributed by atoms with Gasteiger partial charge in [0, 0.05) is 12.5 Å². The molecule has 6 nitrogen and oxygen atoms in total. The van der Waals surface area contributed by atoms with Gasteiger partial charge in [-0.05, 0) is 33.3 Å². The van der Waals surface area contributed by atoms with Crippen molar-refractivity contribution in [2.45, 2.75) is 58.3 Å². The van der Waals surface area contributed by atoms with Gasteiger partial charge in [-0.15, -0.1) is 0 Å². The predicted octanol–water partition coefficient (Wildman–Crippen LogP) is 2.18. The number of hydrogen-bond donors (Lipinski definition) is 3. The molecular weight excluding hydrogens is 308 g/mol. The normalized spacial score (nSPS) is 15.1. The topological polar surface area (TPSA) is 87.7 Å². The predicted molar refractivity (Wildman–Crippen MR) is 92.7 cm³/mol. The van der Waals surface area contributed by atoms with Gasteiger partial charge >= 0.3 is 6.09 Å². The van der Waals surface area contributed by atoms with Crippen molar-refractivity contribution < 1.29 is 19.4 Å². The van der Waals surface area contributed by atoms with Gasteiger partial charge in [-0.25, -0.2) is 4.79 Å². The molecule has 24 heavy (non-hydrogen) atoms. The Balaban J connectivity index is 2.98. The minimum atomic E-state index is -1.38. The van der Waals surface area contributed by atoms with E-state index in [2.05, 4.69) is 10.6 Å². The molecule has 0 aromatic heterocycles. The van der Waals surface area contributed by atoms with Gasteiger partial charge in [0.1, 0.15) is 5.60 Å². The molecule has 0 aliphatic carbocycles. The highest BCUT2D eigenvalue weighted by Gasteiger charge is 2.33. The second-order valence-corrected chi connectivity index (χ2v) is 6.71. The zero-order chi connectivity index (χ0) is 18.3. The molecule has 0 aliphatic heterocycles. The maximum atomic E-state index is 12.1. The second-order valence-electron chi connectivity index (χ2n) is 6.71. The van der Waals surface area contributed by atoms with Crippen LogP contribution in [0.1, 0.15) is 46.1 Å². The van der Waals surface area contributed by atoms with E-state index >= 15 is 0 Å². The lowest BCUT2D eigenvalue weighted by molar-refractivity contribution is -0.130. The van der Waals surface area contributed by atoms with E-state index in [1.54, 1.807) is 27.7 Å². The molecule has 1 rings (SSSR count). The van der Waals surface area contributed by atoms with Gasteiger partial charge in [-0.2, -0.15) is 0 Å². The molecule has 0 aliphatic rings. The van der Waals surface area contributed by atoms with Gasteiger partial charge in [-0.3, -0.25) is 4.79 Å². The minimum Gasteiger partial charge on any atom is -0.444 e. The summed E-state index contributed by atoms with van der Waals surface area (Å²) < 4.78 is 5.25. The Hall–Kier alpha value is -2.08. The van der Waals surface area contributed by atoms with Crippen LogP contribution in [0.2, 0.25) is 0 Å². The Morgan fingerprint density at radius 3 is 2.29 bits per heavy atom. The van der Waals surface area contributed by atoms with Crippen molar-refractivity contribution in [3.63, 3.8) is 0 Å². The zero-order valence-corrected chi connectivity index (χ0v) is 15.0. The number of carbonyl (C=O) groups excluding carboxylic acids is 2. The lowest BCUT2D eigenvalue weighted by Crippen LogP contribution is -2.53. The molecule has 2 amide bonds. The summed E-state index contributed by atoms with van der Waals surface area (Å²) in [4.78, 5) is 24.1. The number of carbonyl (C=O) groups is 2. The van der Waals surface area contributed by atoms with Crippen LogP contribution in [-0.4, -0.2) is 41.4 Å². The lowest BCUT2D eigenvalue weighted by atomic mass is 9.89. The van der Waals surface area contributed by atoms with Crippen LogP contribution in [0.4, 0.5) is 4.79 Å². The average molecular weight is 336 g/mol. The Kier molecular flexibility index (Phi) is 7.22. The van der Waals surface area contributed by atoms with E-state index in [1.807, 2.05) is 37.3 Å². The molecule has 1 aromatic rings. The van der Waals surface area contributed by atoms with E-state index in [9.17, 15) is 14.7 Å². The Labute approximate surface area is 143 Å². The number of aliphatic hydroxyl groups is 1. The summed E-state index contributed by atoms with van der Waals surface area (Å²) in [5, 5.41) is 15.6. The summed E-state index contributed by atoms with van der Waals surface area (Å²) in [5.74, 6) is -0.808. The molecule has 0 bridgehead atoms. The number of rotatable bonds is 6. The highest BCUT2D eigenvalue weighted by molar-refractivity contribution is 5.82. The first-order valence-electron chi connectivity index (χ1n) is 8.16. The van der Waals surface area contributed by atoms with Crippen molar-refractivity contribution in [3.8, 4) is 0 Å². The molecule has 0 radical (unpaired) electrons. The standard InChI is InChI=1S/C18H28N2O4/c1-6-19-16(22)15(21)14(20-17(23)24-18(3,4)5)12(2)13-10-8-7-9-11-13/h7-12,14-15,21H,6H2,1-5H3,(H,19,22)(H,20,23)/t12?,14-,15?/m0/s1. The van der Waals surface area contributed by atoms with Gasteiger partial charge in [0.15, 0.2) is 6.10 Å². The van der Waals surface area contributed by atoms with E-state index in [1.165, 1.54) is 0 Å². The molecular formula is C18H28N2O4. The molecule has 0 saturated heterocycles. The number of hydrogen-bond acceptors (Lipinski definition) is 4. The second kappa shape index (κ2) is 8.68. The average Bonchev–Trinajstić information content (AvgIpc) is 2.50. The quantitative estimate of drug-likeness (QED) is 0.743. The van der Waals surface area contributed by atoms with Gasteiger partial charge < -0.3 is 20.5 Å². The summed E-state index contributed by atoms with van der Waals surface area (Å²) >= 11 is 0. The monoisotopic (exact) mass is 336 g/mol. The van der Waals surface area contributed by atoms with E-state index < -0.39 is 29.7 Å². The zero-order valence-electron chi connectivity index (χ0n) is 15.0. The van der Waals surface area contributed by atoms with Crippen LogP contribution >= 0.6 is 0 Å². The number of alkyl carbamates (subject to hydrolysis) is 1. The van der Waals surface area contributed by atoms with Crippen LogP contribution in [0.25, 0.3) is 0 Å². The molecule has 1 aromatic carbocycles. The van der Waals surface area contributed by atoms with Crippen molar-refractivity contribution in [1.29, 1.82) is 0 Å². The number of ether oxygens (including phenoxy) is 1. The summed E-state index contributed by atoms with van der Waals surface area (Å²) in [6, 6.07) is 8.59. The number of likely N-dealkylation sites (N-methyl/N-ethyl adjacent to an activating group) is 1. The Bertz CT molecular complexity index is 540. The first-order valence-corrected chi connectivity index (χ1v) is 8.16. The minimum absolute atomic E-state index is 0.281. The first kappa shape index (κ1) is 20.0. The molecule has 3 N–H and O–H groups in total. The van der Waals surface area contributed by atoms with Crippen molar-refractivity contribution in [2.24, 2.45) is 0 Å². The van der Waals surface area contributed by atoms with Crippen LogP contribution in [-0.2, 0) is 9.53 Å². The maximum absolute atomic E-state index is 12.1. The maximum Gasteiger partial charge on any atom is 0.407 e. The SMILES string of the molecule is CCNC(=O)C(O)[C@@H](NC(=O)OC(C)(C)C)C(C)c1ccccc1. The summed E-state index contributed by atoms with van der Waals surface area (Å²) in [6.07, 6.45) is -2.05. The number of benzene rings is 1. The Morgan fingerprint density at radius 2 is 1.79 bits per heavy atom. The molecule has 0 spiro atoms. The van der Waals surface area contributed by atoms with Crippen LogP contribution in [0.15, 0.2) is 30.3 Å². The summed E-state index contributed by atoms with van der Waals surface area (Å²) in [6.45, 7) is 9.27. The van der Waals surface area contributed by atoms with Gasteiger partial charge in [0.2, 0.25) is 0 Å². The van der Waals surface area contributed by atoms with Crippen LogP contribution < -0.4 is 10.6 Å². The van der Waals surface area contributed by atoms with Crippen LogP contribution in [0, 0.1) is 0 Å². The number of amides is 2. The molecule has 6 heteroatoms. The van der Waals surface area contributed by atoms with Crippen molar-refractivity contribution in [2.75, 3.05) is 6.54 Å². The van der Waals surface area contributed by atoms with Crippen molar-refractivity contribution in [1.82, 2.24) is 10.6 Å². The van der Waals surface area contributed by atoms with Crippen LogP contribution in [0.3, 0.4) is 0 Å². The fourth-order valence-corrected chi connectivity index (χ4v) is 2.33. The van der Waals surface area contributed by atoms with Gasteiger partial charge in [0.25, 0.3) is 5.91 Å². The molecule has 0 heterocycles. The summed E-state index contributed by atoms with van der Waals surface area (Å²) in [5.41, 5.74) is 0.239. The highest BCUT2D eigenvalue weighted by Crippen LogP contribution is 2.22. The van der Waals surface area contributed by atoms with Crippen LogP contribution in [0.5, 0.6) is 0 Å². The third-order valence-corrected chi connectivity index (χ3v) is 3.51. The molecule has 0 fully saturated rings. The largest absolute Gasteiger partial charge is 0.444 e. The first-order chi connectivity index (χ1) is 11.2. The fourth-order valence-electron chi connectivity index (χ4n) is 2.33. The molecule has 0 saturated carbocycles. The van der Waals surface area contributed by atoms with E-state index in [0.717, 1.165) is 5.56 Å². The third-order valence-electron chi connectivity index (χ3n) is 3.51. The fraction of sp³-hybridized carbons (Fsp3) is 0.556. The number of aliphatic hydroxyl groups excluding tert-OH is 1. The summed E-state index contributed by atoms with van der Waals surface area (Å²) in [7, 11) is 0. The van der Waals surface area contributed by atoms with Crippen molar-refractivity contribution >= 4 is 12.0 Å². The highest BCUT2D eigenvalue weighted by atomic mass is 16.6. The molecule has 3 atom stereocenters. The Morgan fingerprint density at radius 1 is 1.21 bits per heavy atom. The third kappa shape index (κ3) is 6.20. The number of nitrogens with one attached hydrogen (secondary N) is 2.